The molecule has 0 bridgehead atoms. The van der Waals surface area contributed by atoms with Crippen molar-refractivity contribution in [1.29, 1.82) is 0 Å². The third-order valence-electron chi connectivity index (χ3n) is 3.48. The highest BCUT2D eigenvalue weighted by Gasteiger charge is 2.27. The first-order chi connectivity index (χ1) is 8.08. The zero-order valence-corrected chi connectivity index (χ0v) is 9.87. The molecule has 1 fully saturated rings. The molecule has 2 atom stereocenters. The molecule has 17 heavy (non-hydrogen) atoms. The molecule has 1 saturated heterocycles. The van der Waals surface area contributed by atoms with Gasteiger partial charge in [0.1, 0.15) is 0 Å². The number of rotatable bonds is 3. The molecule has 1 heterocycles. The molecule has 0 amide bonds. The van der Waals surface area contributed by atoms with Crippen molar-refractivity contribution in [2.45, 2.75) is 32.0 Å². The standard InChI is InChI=1S/C12H17N3O2/c1-9-12(13)6-7-14(9)8-10-2-4-11(5-3-10)15(16)17/h2-5,9,12H,6-8,13H2,1H3. The lowest BCUT2D eigenvalue weighted by Crippen LogP contribution is -2.36. The molecular formula is C12H17N3O2. The number of nitro benzene ring substituents is 1. The molecule has 0 radical (unpaired) electrons. The van der Waals surface area contributed by atoms with Crippen LogP contribution < -0.4 is 5.73 Å². The van der Waals surface area contributed by atoms with Gasteiger partial charge in [-0.3, -0.25) is 15.0 Å². The van der Waals surface area contributed by atoms with Gasteiger partial charge in [-0.1, -0.05) is 12.1 Å². The average Bonchev–Trinajstić information content (AvgIpc) is 2.62. The van der Waals surface area contributed by atoms with Crippen molar-refractivity contribution >= 4 is 5.69 Å². The highest BCUT2D eigenvalue weighted by Crippen LogP contribution is 2.20. The molecule has 1 aromatic rings. The third kappa shape index (κ3) is 2.62. The number of likely N-dealkylation sites (tertiary alicyclic amines) is 1. The predicted octanol–water partition coefficient (Wildman–Crippen LogP) is 1.52. The number of nitrogens with zero attached hydrogens (tertiary/aromatic N) is 2. The maximum absolute atomic E-state index is 10.5. The van der Waals surface area contributed by atoms with E-state index in [-0.39, 0.29) is 16.7 Å². The summed E-state index contributed by atoms with van der Waals surface area (Å²) in [6, 6.07) is 7.35. The van der Waals surface area contributed by atoms with Crippen molar-refractivity contribution in [2.75, 3.05) is 6.54 Å². The van der Waals surface area contributed by atoms with Crippen molar-refractivity contribution in [1.82, 2.24) is 4.90 Å². The van der Waals surface area contributed by atoms with Crippen molar-refractivity contribution in [2.24, 2.45) is 5.73 Å². The van der Waals surface area contributed by atoms with Gasteiger partial charge in [-0.2, -0.15) is 0 Å². The fourth-order valence-corrected chi connectivity index (χ4v) is 2.21. The van der Waals surface area contributed by atoms with E-state index in [4.69, 9.17) is 5.73 Å². The Morgan fingerprint density at radius 1 is 1.47 bits per heavy atom. The monoisotopic (exact) mass is 235 g/mol. The van der Waals surface area contributed by atoms with Crippen LogP contribution in [0, 0.1) is 10.1 Å². The molecule has 0 saturated carbocycles. The minimum atomic E-state index is -0.377. The molecule has 1 aromatic carbocycles. The van der Waals surface area contributed by atoms with Crippen LogP contribution in [-0.4, -0.2) is 28.5 Å². The van der Waals surface area contributed by atoms with Crippen LogP contribution >= 0.6 is 0 Å². The highest BCUT2D eigenvalue weighted by atomic mass is 16.6. The molecule has 0 aliphatic carbocycles. The molecule has 2 N–H and O–H groups in total. The maximum atomic E-state index is 10.5. The van der Waals surface area contributed by atoms with Crippen molar-refractivity contribution in [3.8, 4) is 0 Å². The summed E-state index contributed by atoms with van der Waals surface area (Å²) in [4.78, 5) is 12.5. The lowest BCUT2D eigenvalue weighted by atomic mass is 10.1. The summed E-state index contributed by atoms with van der Waals surface area (Å²) in [6.45, 7) is 3.94. The average molecular weight is 235 g/mol. The Morgan fingerprint density at radius 3 is 2.59 bits per heavy atom. The number of benzene rings is 1. The molecule has 2 rings (SSSR count). The van der Waals surface area contributed by atoms with E-state index in [0.29, 0.717) is 6.04 Å². The van der Waals surface area contributed by atoms with E-state index >= 15 is 0 Å². The fourth-order valence-electron chi connectivity index (χ4n) is 2.21. The van der Waals surface area contributed by atoms with Crippen LogP contribution in [0.25, 0.3) is 0 Å². The van der Waals surface area contributed by atoms with Gasteiger partial charge in [0.05, 0.1) is 4.92 Å². The minimum absolute atomic E-state index is 0.139. The normalized spacial score (nSPS) is 25.1. The van der Waals surface area contributed by atoms with Gasteiger partial charge in [0.15, 0.2) is 0 Å². The van der Waals surface area contributed by atoms with E-state index in [1.54, 1.807) is 12.1 Å². The van der Waals surface area contributed by atoms with Crippen molar-refractivity contribution < 1.29 is 4.92 Å². The highest BCUT2D eigenvalue weighted by molar-refractivity contribution is 5.32. The van der Waals surface area contributed by atoms with Gasteiger partial charge in [0.2, 0.25) is 0 Å². The number of non-ortho nitro benzene ring substituents is 1. The van der Waals surface area contributed by atoms with Crippen LogP contribution in [0.5, 0.6) is 0 Å². The van der Waals surface area contributed by atoms with Crippen LogP contribution in [0.15, 0.2) is 24.3 Å². The molecule has 5 nitrogen and oxygen atoms in total. The lowest BCUT2D eigenvalue weighted by Gasteiger charge is -2.22. The summed E-state index contributed by atoms with van der Waals surface area (Å²) in [7, 11) is 0. The Labute approximate surface area is 100 Å². The molecule has 92 valence electrons. The summed E-state index contributed by atoms with van der Waals surface area (Å²) >= 11 is 0. The van der Waals surface area contributed by atoms with E-state index in [2.05, 4.69) is 11.8 Å². The van der Waals surface area contributed by atoms with Gasteiger partial charge in [-0.15, -0.1) is 0 Å². The summed E-state index contributed by atoms with van der Waals surface area (Å²) in [6.07, 6.45) is 1.02. The van der Waals surface area contributed by atoms with Crippen LogP contribution in [0.4, 0.5) is 5.69 Å². The van der Waals surface area contributed by atoms with E-state index in [1.165, 1.54) is 0 Å². The molecule has 5 heteroatoms. The SMILES string of the molecule is CC1C(N)CCN1Cc1ccc([N+](=O)[O-])cc1. The van der Waals surface area contributed by atoms with Gasteiger partial charge in [0, 0.05) is 37.3 Å². The van der Waals surface area contributed by atoms with E-state index in [9.17, 15) is 10.1 Å². The predicted molar refractivity (Wildman–Crippen MR) is 65.6 cm³/mol. The molecule has 0 aromatic heterocycles. The van der Waals surface area contributed by atoms with Crippen LogP contribution in [0.1, 0.15) is 18.9 Å². The first kappa shape index (κ1) is 12.0. The van der Waals surface area contributed by atoms with Crippen molar-refractivity contribution in [3.05, 3.63) is 39.9 Å². The number of hydrogen-bond donors (Lipinski definition) is 1. The second kappa shape index (κ2) is 4.81. The third-order valence-corrected chi connectivity index (χ3v) is 3.48. The fraction of sp³-hybridized carbons (Fsp3) is 0.500. The largest absolute Gasteiger partial charge is 0.326 e. The molecule has 1 aliphatic rings. The van der Waals surface area contributed by atoms with E-state index < -0.39 is 0 Å². The zero-order chi connectivity index (χ0) is 12.4. The molecule has 2 unspecified atom stereocenters. The quantitative estimate of drug-likeness (QED) is 0.636. The first-order valence-electron chi connectivity index (χ1n) is 5.81. The van der Waals surface area contributed by atoms with Gasteiger partial charge < -0.3 is 5.73 Å². The molecule has 0 spiro atoms. The number of hydrogen-bond acceptors (Lipinski definition) is 4. The zero-order valence-electron chi connectivity index (χ0n) is 9.87. The summed E-state index contributed by atoms with van der Waals surface area (Å²) in [5.41, 5.74) is 7.19. The first-order valence-corrected chi connectivity index (χ1v) is 5.81. The molecular weight excluding hydrogens is 218 g/mol. The topological polar surface area (TPSA) is 72.4 Å². The van der Waals surface area contributed by atoms with Gasteiger partial charge in [-0.25, -0.2) is 0 Å². The second-order valence-corrected chi connectivity index (χ2v) is 4.59. The van der Waals surface area contributed by atoms with Gasteiger partial charge in [-0.05, 0) is 18.9 Å². The van der Waals surface area contributed by atoms with Crippen LogP contribution in [0.2, 0.25) is 0 Å². The Morgan fingerprint density at radius 2 is 2.12 bits per heavy atom. The second-order valence-electron chi connectivity index (χ2n) is 4.59. The maximum Gasteiger partial charge on any atom is 0.269 e. The summed E-state index contributed by atoms with van der Waals surface area (Å²) in [5, 5.41) is 10.5. The van der Waals surface area contributed by atoms with Crippen molar-refractivity contribution in [3.63, 3.8) is 0 Å². The number of nitro groups is 1. The van der Waals surface area contributed by atoms with Crippen LogP contribution in [0.3, 0.4) is 0 Å². The van der Waals surface area contributed by atoms with Crippen LogP contribution in [-0.2, 0) is 6.54 Å². The summed E-state index contributed by atoms with van der Waals surface area (Å²) < 4.78 is 0. The minimum Gasteiger partial charge on any atom is -0.326 e. The Hall–Kier alpha value is -1.46. The van der Waals surface area contributed by atoms with E-state index in [1.807, 2.05) is 12.1 Å². The van der Waals surface area contributed by atoms with Gasteiger partial charge in [0.25, 0.3) is 5.69 Å². The van der Waals surface area contributed by atoms with E-state index in [0.717, 1.165) is 25.1 Å². The lowest BCUT2D eigenvalue weighted by molar-refractivity contribution is -0.384. The summed E-state index contributed by atoms with van der Waals surface area (Å²) in [5.74, 6) is 0. The number of nitrogens with two attached hydrogens (primary N) is 1. The Kier molecular flexibility index (Phi) is 3.40. The smallest absolute Gasteiger partial charge is 0.269 e. The Bertz CT molecular complexity index is 405. The van der Waals surface area contributed by atoms with Gasteiger partial charge >= 0.3 is 0 Å². The Balaban J connectivity index is 2.02. The molecule has 1 aliphatic heterocycles.